The first-order valence-corrected chi connectivity index (χ1v) is 6.72. The molecule has 0 aromatic heterocycles. The second-order valence-corrected chi connectivity index (χ2v) is 4.78. The number of benzene rings is 2. The number of rotatable bonds is 5. The molecule has 19 heavy (non-hydrogen) atoms. The molecule has 0 radical (unpaired) electrons. The van der Waals surface area contributed by atoms with Gasteiger partial charge in [0.2, 0.25) is 0 Å². The van der Waals surface area contributed by atoms with Crippen molar-refractivity contribution >= 4 is 5.69 Å². The van der Waals surface area contributed by atoms with Crippen LogP contribution in [0, 0.1) is 13.8 Å². The highest BCUT2D eigenvalue weighted by molar-refractivity contribution is 5.57. The van der Waals surface area contributed by atoms with Crippen molar-refractivity contribution in [1.82, 2.24) is 0 Å². The number of aryl methyl sites for hydroxylation is 2. The lowest BCUT2D eigenvalue weighted by Gasteiger charge is -2.13. The van der Waals surface area contributed by atoms with Gasteiger partial charge in [-0.3, -0.25) is 0 Å². The minimum Gasteiger partial charge on any atom is -0.492 e. The zero-order valence-electron chi connectivity index (χ0n) is 11.9. The summed E-state index contributed by atoms with van der Waals surface area (Å²) in [5, 5.41) is 3.44. The fraction of sp³-hybridized carbons (Fsp3) is 0.294. The molecule has 2 aromatic rings. The lowest BCUT2D eigenvalue weighted by atomic mass is 10.1. The molecule has 2 nitrogen and oxygen atoms in total. The SMILES string of the molecule is CCOc1cc(C)ccc1NCc1cccc(C)c1. The number of ether oxygens (including phenoxy) is 1. The van der Waals surface area contributed by atoms with Crippen molar-refractivity contribution in [1.29, 1.82) is 0 Å². The van der Waals surface area contributed by atoms with Crippen molar-refractivity contribution in [2.24, 2.45) is 0 Å². The minimum atomic E-state index is 0.683. The van der Waals surface area contributed by atoms with Crippen molar-refractivity contribution in [3.8, 4) is 5.75 Å². The van der Waals surface area contributed by atoms with Gasteiger partial charge in [0.15, 0.2) is 0 Å². The van der Waals surface area contributed by atoms with Crippen LogP contribution in [0.2, 0.25) is 0 Å². The quantitative estimate of drug-likeness (QED) is 0.859. The van der Waals surface area contributed by atoms with Crippen molar-refractivity contribution < 1.29 is 4.74 Å². The Hall–Kier alpha value is -1.96. The summed E-state index contributed by atoms with van der Waals surface area (Å²) in [5.74, 6) is 0.926. The van der Waals surface area contributed by atoms with E-state index in [4.69, 9.17) is 4.74 Å². The zero-order valence-corrected chi connectivity index (χ0v) is 11.9. The van der Waals surface area contributed by atoms with E-state index in [-0.39, 0.29) is 0 Å². The molecule has 0 saturated heterocycles. The summed E-state index contributed by atoms with van der Waals surface area (Å²) in [4.78, 5) is 0. The van der Waals surface area contributed by atoms with Gasteiger partial charge < -0.3 is 10.1 Å². The molecular weight excluding hydrogens is 234 g/mol. The van der Waals surface area contributed by atoms with Crippen LogP contribution < -0.4 is 10.1 Å². The molecule has 0 aliphatic rings. The maximum absolute atomic E-state index is 5.67. The molecule has 0 fully saturated rings. The van der Waals surface area contributed by atoms with Gasteiger partial charge in [0.25, 0.3) is 0 Å². The molecule has 0 bridgehead atoms. The molecule has 0 aliphatic heterocycles. The van der Waals surface area contributed by atoms with Crippen molar-refractivity contribution in [3.05, 3.63) is 59.2 Å². The monoisotopic (exact) mass is 255 g/mol. The van der Waals surface area contributed by atoms with Crippen LogP contribution in [0.25, 0.3) is 0 Å². The maximum Gasteiger partial charge on any atom is 0.142 e. The van der Waals surface area contributed by atoms with Crippen LogP contribution in [-0.4, -0.2) is 6.61 Å². The molecule has 0 saturated carbocycles. The number of hydrogen-bond acceptors (Lipinski definition) is 2. The molecule has 2 aromatic carbocycles. The van der Waals surface area contributed by atoms with Crippen molar-refractivity contribution in [2.45, 2.75) is 27.3 Å². The lowest BCUT2D eigenvalue weighted by Crippen LogP contribution is -2.03. The van der Waals surface area contributed by atoms with E-state index in [2.05, 4.69) is 61.6 Å². The molecule has 100 valence electrons. The van der Waals surface area contributed by atoms with Gasteiger partial charge in [-0.05, 0) is 44.0 Å². The average Bonchev–Trinajstić information content (AvgIpc) is 2.38. The number of anilines is 1. The van der Waals surface area contributed by atoms with Gasteiger partial charge >= 0.3 is 0 Å². The highest BCUT2D eigenvalue weighted by Gasteiger charge is 2.03. The molecule has 0 spiro atoms. The summed E-state index contributed by atoms with van der Waals surface area (Å²) in [6, 6.07) is 14.8. The van der Waals surface area contributed by atoms with E-state index in [1.54, 1.807) is 0 Å². The Kier molecular flexibility index (Phi) is 4.45. The Labute approximate surface area is 115 Å². The molecule has 2 rings (SSSR count). The summed E-state index contributed by atoms with van der Waals surface area (Å²) in [7, 11) is 0. The summed E-state index contributed by atoms with van der Waals surface area (Å²) in [6.45, 7) is 7.69. The molecule has 0 heterocycles. The first-order chi connectivity index (χ1) is 9.19. The normalized spacial score (nSPS) is 10.3. The highest BCUT2D eigenvalue weighted by Crippen LogP contribution is 2.26. The van der Waals surface area contributed by atoms with Crippen LogP contribution in [0.15, 0.2) is 42.5 Å². The summed E-state index contributed by atoms with van der Waals surface area (Å²) < 4.78 is 5.67. The third-order valence-electron chi connectivity index (χ3n) is 3.00. The number of hydrogen-bond donors (Lipinski definition) is 1. The van der Waals surface area contributed by atoms with Crippen LogP contribution in [0.4, 0.5) is 5.69 Å². The van der Waals surface area contributed by atoms with Crippen LogP contribution in [0.3, 0.4) is 0 Å². The molecule has 0 amide bonds. The van der Waals surface area contributed by atoms with Crippen LogP contribution in [0.1, 0.15) is 23.6 Å². The number of nitrogens with one attached hydrogen (secondary N) is 1. The third kappa shape index (κ3) is 3.75. The molecular formula is C17H21NO. The van der Waals surface area contributed by atoms with E-state index in [0.717, 1.165) is 18.0 Å². The Morgan fingerprint density at radius 1 is 1.00 bits per heavy atom. The second-order valence-electron chi connectivity index (χ2n) is 4.78. The van der Waals surface area contributed by atoms with Gasteiger partial charge in [-0.25, -0.2) is 0 Å². The molecule has 0 aliphatic carbocycles. The largest absolute Gasteiger partial charge is 0.492 e. The summed E-state index contributed by atoms with van der Waals surface area (Å²) >= 11 is 0. The summed E-state index contributed by atoms with van der Waals surface area (Å²) in [6.07, 6.45) is 0. The highest BCUT2D eigenvalue weighted by atomic mass is 16.5. The Morgan fingerprint density at radius 3 is 2.53 bits per heavy atom. The van der Waals surface area contributed by atoms with E-state index in [9.17, 15) is 0 Å². The topological polar surface area (TPSA) is 21.3 Å². The summed E-state index contributed by atoms with van der Waals surface area (Å²) in [5.41, 5.74) is 4.83. The van der Waals surface area contributed by atoms with Gasteiger partial charge in [0, 0.05) is 6.54 Å². The van der Waals surface area contributed by atoms with Crippen LogP contribution >= 0.6 is 0 Å². The standard InChI is InChI=1S/C17H21NO/c1-4-19-17-11-14(3)8-9-16(17)18-12-15-7-5-6-13(2)10-15/h5-11,18H,4,12H2,1-3H3. The second kappa shape index (κ2) is 6.28. The van der Waals surface area contributed by atoms with Gasteiger partial charge in [-0.15, -0.1) is 0 Å². The Balaban J connectivity index is 2.10. The molecule has 2 heteroatoms. The maximum atomic E-state index is 5.67. The average molecular weight is 255 g/mol. The predicted octanol–water partition coefficient (Wildman–Crippen LogP) is 4.31. The molecule has 1 N–H and O–H groups in total. The van der Waals surface area contributed by atoms with E-state index in [0.29, 0.717) is 6.61 Å². The molecule has 0 unspecified atom stereocenters. The first-order valence-electron chi connectivity index (χ1n) is 6.72. The van der Waals surface area contributed by atoms with Gasteiger partial charge in [-0.2, -0.15) is 0 Å². The Bertz CT molecular complexity index is 549. The predicted molar refractivity (Wildman–Crippen MR) is 80.9 cm³/mol. The first kappa shape index (κ1) is 13.5. The smallest absolute Gasteiger partial charge is 0.142 e. The van der Waals surface area contributed by atoms with E-state index >= 15 is 0 Å². The zero-order chi connectivity index (χ0) is 13.7. The van der Waals surface area contributed by atoms with Gasteiger partial charge in [0.05, 0.1) is 12.3 Å². The van der Waals surface area contributed by atoms with Gasteiger partial charge in [0.1, 0.15) is 5.75 Å². The van der Waals surface area contributed by atoms with E-state index in [1.165, 1.54) is 16.7 Å². The van der Waals surface area contributed by atoms with Crippen LogP contribution in [-0.2, 0) is 6.54 Å². The van der Waals surface area contributed by atoms with E-state index < -0.39 is 0 Å². The molecule has 0 atom stereocenters. The van der Waals surface area contributed by atoms with Crippen LogP contribution in [0.5, 0.6) is 5.75 Å². The van der Waals surface area contributed by atoms with Crippen molar-refractivity contribution in [2.75, 3.05) is 11.9 Å². The van der Waals surface area contributed by atoms with Gasteiger partial charge in [-0.1, -0.05) is 35.9 Å². The Morgan fingerprint density at radius 2 is 1.79 bits per heavy atom. The lowest BCUT2D eigenvalue weighted by molar-refractivity contribution is 0.341. The fourth-order valence-electron chi connectivity index (χ4n) is 2.07. The fourth-order valence-corrected chi connectivity index (χ4v) is 2.07. The van der Waals surface area contributed by atoms with E-state index in [1.807, 2.05) is 6.92 Å². The third-order valence-corrected chi connectivity index (χ3v) is 3.00. The van der Waals surface area contributed by atoms with Crippen molar-refractivity contribution in [3.63, 3.8) is 0 Å². The minimum absolute atomic E-state index is 0.683.